The third-order valence-corrected chi connectivity index (χ3v) is 3.85. The summed E-state index contributed by atoms with van der Waals surface area (Å²) in [4.78, 5) is 0. The lowest BCUT2D eigenvalue weighted by molar-refractivity contribution is 0.331. The van der Waals surface area contributed by atoms with Gasteiger partial charge in [-0.05, 0) is 43.4 Å². The average Bonchev–Trinajstić information content (AvgIpc) is 2.41. The lowest BCUT2D eigenvalue weighted by atomic mass is 9.86. The number of benzene rings is 1. The zero-order valence-corrected chi connectivity index (χ0v) is 12.5. The van der Waals surface area contributed by atoms with E-state index in [2.05, 4.69) is 57.4 Å². The molecule has 0 aromatic heterocycles. The summed E-state index contributed by atoms with van der Waals surface area (Å²) in [6.07, 6.45) is 6.30. The van der Waals surface area contributed by atoms with Gasteiger partial charge in [-0.3, -0.25) is 0 Å². The monoisotopic (exact) mass is 247 g/mol. The zero-order chi connectivity index (χ0) is 13.4. The molecule has 1 aromatic rings. The molecule has 0 aliphatic heterocycles. The van der Waals surface area contributed by atoms with Gasteiger partial charge in [-0.1, -0.05) is 57.9 Å². The van der Waals surface area contributed by atoms with E-state index in [1.807, 2.05) is 0 Å². The highest BCUT2D eigenvalue weighted by molar-refractivity contribution is 5.25. The molecule has 1 atom stereocenters. The predicted molar refractivity (Wildman–Crippen MR) is 80.9 cm³/mol. The number of hydrogen-bond donors (Lipinski definition) is 1. The van der Waals surface area contributed by atoms with Gasteiger partial charge in [0.15, 0.2) is 0 Å². The maximum Gasteiger partial charge on any atom is 0.0346 e. The van der Waals surface area contributed by atoms with Crippen molar-refractivity contribution in [1.29, 1.82) is 0 Å². The van der Waals surface area contributed by atoms with Crippen LogP contribution in [0.15, 0.2) is 24.3 Å². The first-order chi connectivity index (χ1) is 8.76. The van der Waals surface area contributed by atoms with Gasteiger partial charge < -0.3 is 5.32 Å². The minimum absolute atomic E-state index is 0.510. The Morgan fingerprint density at radius 1 is 0.944 bits per heavy atom. The van der Waals surface area contributed by atoms with Crippen molar-refractivity contribution in [1.82, 2.24) is 5.32 Å². The largest absolute Gasteiger partial charge is 0.313 e. The van der Waals surface area contributed by atoms with E-state index in [1.54, 1.807) is 0 Å². The Hall–Kier alpha value is -0.820. The molecule has 1 rings (SSSR count). The molecule has 0 bridgehead atoms. The van der Waals surface area contributed by atoms with Gasteiger partial charge in [0, 0.05) is 6.04 Å². The van der Waals surface area contributed by atoms with Gasteiger partial charge in [-0.2, -0.15) is 0 Å². The van der Waals surface area contributed by atoms with Gasteiger partial charge in [-0.25, -0.2) is 0 Å². The van der Waals surface area contributed by atoms with E-state index >= 15 is 0 Å². The van der Waals surface area contributed by atoms with Gasteiger partial charge in [0.05, 0.1) is 0 Å². The Balaban J connectivity index is 2.83. The highest BCUT2D eigenvalue weighted by Gasteiger charge is 2.20. The third-order valence-electron chi connectivity index (χ3n) is 3.85. The van der Waals surface area contributed by atoms with Crippen molar-refractivity contribution in [2.24, 2.45) is 5.92 Å². The van der Waals surface area contributed by atoms with Crippen LogP contribution < -0.4 is 5.32 Å². The zero-order valence-electron chi connectivity index (χ0n) is 12.5. The van der Waals surface area contributed by atoms with E-state index in [-0.39, 0.29) is 0 Å². The number of nitrogens with one attached hydrogen (secondary N) is 1. The van der Waals surface area contributed by atoms with Crippen LogP contribution in [-0.2, 0) is 6.42 Å². The first-order valence-electron chi connectivity index (χ1n) is 7.52. The Bertz CT molecular complexity index is 309. The van der Waals surface area contributed by atoms with Crippen LogP contribution in [0, 0.1) is 5.92 Å². The number of hydrogen-bond acceptors (Lipinski definition) is 1. The molecular weight excluding hydrogens is 218 g/mol. The second-order valence-corrected chi connectivity index (χ2v) is 5.20. The third kappa shape index (κ3) is 4.13. The fourth-order valence-corrected chi connectivity index (χ4v) is 2.85. The summed E-state index contributed by atoms with van der Waals surface area (Å²) in [7, 11) is 2.09. The lowest BCUT2D eigenvalue weighted by Gasteiger charge is -2.27. The summed E-state index contributed by atoms with van der Waals surface area (Å²) in [6, 6.07) is 9.66. The van der Waals surface area contributed by atoms with E-state index in [0.717, 1.165) is 12.3 Å². The molecule has 0 saturated heterocycles. The molecule has 1 N–H and O–H groups in total. The normalized spacial score (nSPS) is 12.9. The SMILES string of the molecule is CCCC(CCC)C(NC)c1ccc(CC)cc1. The van der Waals surface area contributed by atoms with Gasteiger partial charge >= 0.3 is 0 Å². The summed E-state index contributed by atoms with van der Waals surface area (Å²) < 4.78 is 0. The van der Waals surface area contributed by atoms with Crippen molar-refractivity contribution in [2.75, 3.05) is 7.05 Å². The summed E-state index contributed by atoms with van der Waals surface area (Å²) in [6.45, 7) is 6.78. The Labute approximate surface area is 113 Å². The minimum Gasteiger partial charge on any atom is -0.313 e. The topological polar surface area (TPSA) is 12.0 Å². The summed E-state index contributed by atoms with van der Waals surface area (Å²) in [5.41, 5.74) is 2.87. The van der Waals surface area contributed by atoms with E-state index < -0.39 is 0 Å². The van der Waals surface area contributed by atoms with Crippen LogP contribution in [-0.4, -0.2) is 7.05 Å². The second kappa shape index (κ2) is 8.31. The summed E-state index contributed by atoms with van der Waals surface area (Å²) in [5.74, 6) is 0.762. The highest BCUT2D eigenvalue weighted by atomic mass is 14.9. The van der Waals surface area contributed by atoms with Crippen LogP contribution in [0.4, 0.5) is 0 Å². The fourth-order valence-electron chi connectivity index (χ4n) is 2.85. The van der Waals surface area contributed by atoms with Crippen molar-refractivity contribution < 1.29 is 0 Å². The van der Waals surface area contributed by atoms with Crippen molar-refractivity contribution >= 4 is 0 Å². The molecule has 0 fully saturated rings. The van der Waals surface area contributed by atoms with E-state index in [4.69, 9.17) is 0 Å². The minimum atomic E-state index is 0.510. The van der Waals surface area contributed by atoms with Gasteiger partial charge in [0.1, 0.15) is 0 Å². The fraction of sp³-hybridized carbons (Fsp3) is 0.647. The average molecular weight is 247 g/mol. The molecule has 0 spiro atoms. The lowest BCUT2D eigenvalue weighted by Crippen LogP contribution is -2.25. The van der Waals surface area contributed by atoms with Crippen molar-refractivity contribution in [3.8, 4) is 0 Å². The van der Waals surface area contributed by atoms with Crippen LogP contribution in [0.1, 0.15) is 63.6 Å². The smallest absolute Gasteiger partial charge is 0.0346 e. The molecule has 0 aliphatic rings. The van der Waals surface area contributed by atoms with Crippen molar-refractivity contribution in [2.45, 2.75) is 58.9 Å². The first-order valence-corrected chi connectivity index (χ1v) is 7.52. The van der Waals surface area contributed by atoms with E-state index in [0.29, 0.717) is 6.04 Å². The quantitative estimate of drug-likeness (QED) is 0.700. The standard InChI is InChI=1S/C17H29N/c1-5-8-15(9-6-2)17(18-4)16-12-10-14(7-3)11-13-16/h10-13,15,17-18H,5-9H2,1-4H3. The van der Waals surface area contributed by atoms with Crippen molar-refractivity contribution in [3.63, 3.8) is 0 Å². The Morgan fingerprint density at radius 2 is 1.50 bits per heavy atom. The molecule has 1 nitrogen and oxygen atoms in total. The molecule has 102 valence electrons. The van der Waals surface area contributed by atoms with Crippen LogP contribution in [0.25, 0.3) is 0 Å². The van der Waals surface area contributed by atoms with Gasteiger partial charge in [0.25, 0.3) is 0 Å². The molecule has 0 heterocycles. The maximum absolute atomic E-state index is 3.53. The Morgan fingerprint density at radius 3 is 1.89 bits per heavy atom. The van der Waals surface area contributed by atoms with Crippen molar-refractivity contribution in [3.05, 3.63) is 35.4 Å². The molecule has 1 heteroatoms. The maximum atomic E-state index is 3.53. The Kier molecular flexibility index (Phi) is 7.04. The van der Waals surface area contributed by atoms with Gasteiger partial charge in [-0.15, -0.1) is 0 Å². The predicted octanol–water partition coefficient (Wildman–Crippen LogP) is 4.73. The summed E-state index contributed by atoms with van der Waals surface area (Å²) in [5, 5.41) is 3.53. The highest BCUT2D eigenvalue weighted by Crippen LogP contribution is 2.29. The molecule has 0 saturated carbocycles. The van der Waals surface area contributed by atoms with Crippen LogP contribution in [0.5, 0.6) is 0 Å². The molecule has 0 aliphatic carbocycles. The molecule has 1 aromatic carbocycles. The molecule has 0 amide bonds. The van der Waals surface area contributed by atoms with Crippen LogP contribution in [0.3, 0.4) is 0 Å². The van der Waals surface area contributed by atoms with Crippen LogP contribution in [0.2, 0.25) is 0 Å². The van der Waals surface area contributed by atoms with Crippen LogP contribution >= 0.6 is 0 Å². The van der Waals surface area contributed by atoms with Gasteiger partial charge in [0.2, 0.25) is 0 Å². The second-order valence-electron chi connectivity index (χ2n) is 5.20. The molecular formula is C17H29N. The van der Waals surface area contributed by atoms with E-state index in [9.17, 15) is 0 Å². The van der Waals surface area contributed by atoms with E-state index in [1.165, 1.54) is 36.8 Å². The number of rotatable bonds is 8. The summed E-state index contributed by atoms with van der Waals surface area (Å²) >= 11 is 0. The first kappa shape index (κ1) is 15.2. The number of aryl methyl sites for hydroxylation is 1. The molecule has 0 radical (unpaired) electrons. The molecule has 18 heavy (non-hydrogen) atoms. The molecule has 1 unspecified atom stereocenters.